The van der Waals surface area contributed by atoms with E-state index in [2.05, 4.69) is 15.9 Å². The van der Waals surface area contributed by atoms with Gasteiger partial charge in [0.25, 0.3) is 0 Å². The molecule has 0 saturated carbocycles. The van der Waals surface area contributed by atoms with E-state index >= 15 is 0 Å². The lowest BCUT2D eigenvalue weighted by molar-refractivity contribution is -0.143. The van der Waals surface area contributed by atoms with Crippen LogP contribution in [0, 0.1) is 0 Å². The number of benzene rings is 1. The highest BCUT2D eigenvalue weighted by atomic mass is 79.9. The molecule has 0 heterocycles. The van der Waals surface area contributed by atoms with Crippen LogP contribution in [0.15, 0.2) is 16.6 Å². The predicted octanol–water partition coefficient (Wildman–Crippen LogP) is 4.07. The third-order valence-corrected chi connectivity index (χ3v) is 2.62. The second-order valence-corrected chi connectivity index (χ2v) is 3.72. The lowest BCUT2D eigenvalue weighted by atomic mass is 10.1. The molecule has 0 spiro atoms. The van der Waals surface area contributed by atoms with Crippen molar-refractivity contribution in [1.29, 1.82) is 0 Å². The Hall–Kier alpha value is -0.920. The average molecular weight is 308 g/mol. The highest BCUT2D eigenvalue weighted by molar-refractivity contribution is 9.10. The van der Waals surface area contributed by atoms with E-state index in [0.29, 0.717) is 6.07 Å². The zero-order chi connectivity index (χ0) is 12.7. The fraction of sp³-hybridized carbons (Fsp3) is 0.250. The smallest absolute Gasteiger partial charge is 0.398 e. The van der Waals surface area contributed by atoms with Crippen molar-refractivity contribution >= 4 is 21.6 Å². The molecular formula is C8H4BrF6N. The van der Waals surface area contributed by atoms with Gasteiger partial charge in [-0.05, 0) is 28.1 Å². The van der Waals surface area contributed by atoms with E-state index in [4.69, 9.17) is 5.73 Å². The molecule has 2 N–H and O–H groups in total. The Balaban J connectivity index is 3.46. The van der Waals surface area contributed by atoms with Crippen LogP contribution in [0.1, 0.15) is 11.1 Å². The van der Waals surface area contributed by atoms with Crippen LogP contribution in [0.5, 0.6) is 0 Å². The summed E-state index contributed by atoms with van der Waals surface area (Å²) in [4.78, 5) is 0. The summed E-state index contributed by atoms with van der Waals surface area (Å²) in [5, 5.41) is 0. The van der Waals surface area contributed by atoms with Gasteiger partial charge in [0.1, 0.15) is 0 Å². The molecule has 0 aliphatic heterocycles. The fourth-order valence-corrected chi connectivity index (χ4v) is 1.47. The van der Waals surface area contributed by atoms with Gasteiger partial charge in [-0.1, -0.05) is 0 Å². The van der Waals surface area contributed by atoms with Crippen LogP contribution in [0.3, 0.4) is 0 Å². The number of alkyl halides is 6. The van der Waals surface area contributed by atoms with E-state index < -0.39 is 33.6 Å². The van der Waals surface area contributed by atoms with Gasteiger partial charge in [-0.15, -0.1) is 0 Å². The van der Waals surface area contributed by atoms with Crippen molar-refractivity contribution in [1.82, 2.24) is 0 Å². The molecule has 0 radical (unpaired) electrons. The number of nitrogen functional groups attached to an aromatic ring is 1. The van der Waals surface area contributed by atoms with Crippen molar-refractivity contribution < 1.29 is 26.3 Å². The summed E-state index contributed by atoms with van der Waals surface area (Å²) in [5.41, 5.74) is 1.58. The fourth-order valence-electron chi connectivity index (χ4n) is 1.02. The lowest BCUT2D eigenvalue weighted by Crippen LogP contribution is -2.12. The van der Waals surface area contributed by atoms with Crippen molar-refractivity contribution in [2.24, 2.45) is 0 Å². The standard InChI is InChI=1S/C8H4BrF6N/c9-6-4(8(13,14)15)1-3(2-5(6)16)7(10,11)12/h1-2H,16H2. The van der Waals surface area contributed by atoms with Gasteiger partial charge in [-0.25, -0.2) is 0 Å². The van der Waals surface area contributed by atoms with Crippen molar-refractivity contribution in [2.45, 2.75) is 12.4 Å². The maximum Gasteiger partial charge on any atom is 0.417 e. The summed E-state index contributed by atoms with van der Waals surface area (Å²) in [6, 6.07) is 0.458. The van der Waals surface area contributed by atoms with Crippen LogP contribution in [-0.4, -0.2) is 0 Å². The summed E-state index contributed by atoms with van der Waals surface area (Å²) >= 11 is 2.50. The van der Waals surface area contributed by atoms with Gasteiger partial charge in [-0.2, -0.15) is 26.3 Å². The Bertz CT molecular complexity index is 408. The summed E-state index contributed by atoms with van der Waals surface area (Å²) in [6.07, 6.45) is -9.76. The van der Waals surface area contributed by atoms with E-state index in [0.717, 1.165) is 0 Å². The Morgan fingerprint density at radius 1 is 0.938 bits per heavy atom. The molecule has 0 fully saturated rings. The monoisotopic (exact) mass is 307 g/mol. The minimum absolute atomic E-state index is 0.0143. The second kappa shape index (κ2) is 3.83. The zero-order valence-electron chi connectivity index (χ0n) is 7.38. The Morgan fingerprint density at radius 2 is 1.44 bits per heavy atom. The number of halogens is 7. The molecule has 1 rings (SSSR count). The summed E-state index contributed by atoms with van der Waals surface area (Å²) in [7, 11) is 0. The Labute approximate surface area is 94.4 Å². The minimum Gasteiger partial charge on any atom is -0.398 e. The third-order valence-electron chi connectivity index (χ3n) is 1.73. The molecular weight excluding hydrogens is 304 g/mol. The number of hydrogen-bond donors (Lipinski definition) is 1. The van der Waals surface area contributed by atoms with Gasteiger partial charge < -0.3 is 5.73 Å². The molecule has 0 saturated heterocycles. The van der Waals surface area contributed by atoms with Crippen molar-refractivity contribution in [3.63, 3.8) is 0 Å². The quantitative estimate of drug-likeness (QED) is 0.567. The molecule has 8 heteroatoms. The minimum atomic E-state index is -4.89. The maximum absolute atomic E-state index is 12.3. The molecule has 0 aliphatic carbocycles. The van der Waals surface area contributed by atoms with Gasteiger partial charge >= 0.3 is 12.4 Å². The van der Waals surface area contributed by atoms with Gasteiger partial charge in [0.05, 0.1) is 15.6 Å². The average Bonchev–Trinajstić information content (AvgIpc) is 2.05. The van der Waals surface area contributed by atoms with Crippen molar-refractivity contribution in [2.75, 3.05) is 5.73 Å². The summed E-state index contributed by atoms with van der Waals surface area (Å²) < 4.78 is 73.1. The molecule has 90 valence electrons. The molecule has 1 aromatic rings. The zero-order valence-corrected chi connectivity index (χ0v) is 8.96. The molecule has 1 aromatic carbocycles. The van der Waals surface area contributed by atoms with Crippen LogP contribution in [0.25, 0.3) is 0 Å². The molecule has 0 atom stereocenters. The number of hydrogen-bond acceptors (Lipinski definition) is 1. The number of rotatable bonds is 0. The first-order chi connectivity index (χ1) is 7.03. The predicted molar refractivity (Wildman–Crippen MR) is 48.6 cm³/mol. The lowest BCUT2D eigenvalue weighted by Gasteiger charge is -2.14. The number of anilines is 1. The molecule has 16 heavy (non-hydrogen) atoms. The van der Waals surface area contributed by atoms with Gasteiger partial charge in [0.15, 0.2) is 0 Å². The highest BCUT2D eigenvalue weighted by Crippen LogP contribution is 2.41. The third kappa shape index (κ3) is 2.60. The second-order valence-electron chi connectivity index (χ2n) is 2.92. The van der Waals surface area contributed by atoms with Gasteiger partial charge in [0, 0.05) is 5.69 Å². The molecule has 0 unspecified atom stereocenters. The highest BCUT2D eigenvalue weighted by Gasteiger charge is 2.38. The van der Waals surface area contributed by atoms with Crippen molar-refractivity contribution in [3.05, 3.63) is 27.7 Å². The van der Waals surface area contributed by atoms with E-state index in [-0.39, 0.29) is 6.07 Å². The van der Waals surface area contributed by atoms with Crippen molar-refractivity contribution in [3.8, 4) is 0 Å². The van der Waals surface area contributed by atoms with Crippen LogP contribution in [-0.2, 0) is 12.4 Å². The molecule has 1 nitrogen and oxygen atoms in total. The van der Waals surface area contributed by atoms with Gasteiger partial charge in [0.2, 0.25) is 0 Å². The van der Waals surface area contributed by atoms with E-state index in [9.17, 15) is 26.3 Å². The Kier molecular flexibility index (Phi) is 3.15. The first-order valence-electron chi connectivity index (χ1n) is 3.77. The van der Waals surface area contributed by atoms with Crippen LogP contribution in [0.4, 0.5) is 32.0 Å². The van der Waals surface area contributed by atoms with Crippen LogP contribution < -0.4 is 5.73 Å². The van der Waals surface area contributed by atoms with E-state index in [1.807, 2.05) is 0 Å². The topological polar surface area (TPSA) is 26.0 Å². The number of nitrogens with two attached hydrogens (primary N) is 1. The Morgan fingerprint density at radius 3 is 1.81 bits per heavy atom. The molecule has 0 amide bonds. The van der Waals surface area contributed by atoms with Gasteiger partial charge in [-0.3, -0.25) is 0 Å². The van der Waals surface area contributed by atoms with E-state index in [1.165, 1.54) is 0 Å². The first kappa shape index (κ1) is 13.1. The first-order valence-corrected chi connectivity index (χ1v) is 4.56. The summed E-state index contributed by atoms with van der Waals surface area (Å²) in [5.74, 6) is 0. The van der Waals surface area contributed by atoms with Crippen LogP contribution >= 0.6 is 15.9 Å². The largest absolute Gasteiger partial charge is 0.417 e. The van der Waals surface area contributed by atoms with Crippen LogP contribution in [0.2, 0.25) is 0 Å². The van der Waals surface area contributed by atoms with E-state index in [1.54, 1.807) is 0 Å². The summed E-state index contributed by atoms with van der Waals surface area (Å²) in [6.45, 7) is 0. The molecule has 0 bridgehead atoms. The maximum atomic E-state index is 12.3. The molecule has 0 aliphatic rings. The SMILES string of the molecule is Nc1cc(C(F)(F)F)cc(C(F)(F)F)c1Br. The molecule has 0 aromatic heterocycles. The normalized spacial score (nSPS) is 12.9.